The minimum Gasteiger partial charge on any atom is -0.478 e. The highest BCUT2D eigenvalue weighted by Crippen LogP contribution is 2.28. The SMILES string of the molecule is Clc1ccc2c(c1)CN(Cc1ccccc1)CO2. The Morgan fingerprint density at radius 2 is 1.94 bits per heavy atom. The average molecular weight is 260 g/mol. The minimum absolute atomic E-state index is 0.628. The number of rotatable bonds is 2. The van der Waals surface area contributed by atoms with Crippen molar-refractivity contribution in [3.05, 3.63) is 64.7 Å². The van der Waals surface area contributed by atoms with Crippen molar-refractivity contribution in [2.24, 2.45) is 0 Å². The first-order valence-electron chi connectivity index (χ1n) is 5.99. The van der Waals surface area contributed by atoms with E-state index in [-0.39, 0.29) is 0 Å². The van der Waals surface area contributed by atoms with Crippen molar-refractivity contribution in [1.29, 1.82) is 0 Å². The molecule has 0 saturated heterocycles. The number of hydrogen-bond acceptors (Lipinski definition) is 2. The summed E-state index contributed by atoms with van der Waals surface area (Å²) in [6, 6.07) is 16.2. The predicted octanol–water partition coefficient (Wildman–Crippen LogP) is 3.69. The number of hydrogen-bond donors (Lipinski definition) is 0. The Kier molecular flexibility index (Phi) is 3.22. The molecule has 0 bridgehead atoms. The molecule has 0 aliphatic carbocycles. The van der Waals surface area contributed by atoms with E-state index in [0.717, 1.165) is 29.4 Å². The maximum atomic E-state index is 6.01. The summed E-state index contributed by atoms with van der Waals surface area (Å²) in [5.74, 6) is 0.948. The van der Waals surface area contributed by atoms with E-state index in [1.165, 1.54) is 5.56 Å². The van der Waals surface area contributed by atoms with Crippen LogP contribution in [0, 0.1) is 0 Å². The molecule has 3 rings (SSSR count). The molecule has 1 aliphatic rings. The van der Waals surface area contributed by atoms with Crippen molar-refractivity contribution in [2.75, 3.05) is 6.73 Å². The minimum atomic E-state index is 0.628. The lowest BCUT2D eigenvalue weighted by atomic mass is 10.1. The van der Waals surface area contributed by atoms with Gasteiger partial charge < -0.3 is 4.74 Å². The van der Waals surface area contributed by atoms with Gasteiger partial charge in [-0.25, -0.2) is 0 Å². The van der Waals surface area contributed by atoms with Crippen LogP contribution in [0.15, 0.2) is 48.5 Å². The van der Waals surface area contributed by atoms with Crippen LogP contribution in [0.25, 0.3) is 0 Å². The second kappa shape index (κ2) is 5.01. The molecule has 0 amide bonds. The molecule has 0 saturated carbocycles. The summed E-state index contributed by atoms with van der Waals surface area (Å²) in [6.45, 7) is 2.40. The summed E-state index contributed by atoms with van der Waals surface area (Å²) >= 11 is 6.01. The molecule has 0 atom stereocenters. The van der Waals surface area contributed by atoms with Gasteiger partial charge in [0.25, 0.3) is 0 Å². The van der Waals surface area contributed by atoms with Gasteiger partial charge in [-0.05, 0) is 23.8 Å². The highest BCUT2D eigenvalue weighted by Gasteiger charge is 2.17. The maximum absolute atomic E-state index is 6.01. The Bertz CT molecular complexity index is 541. The molecule has 1 heterocycles. The zero-order valence-corrected chi connectivity index (χ0v) is 10.7. The van der Waals surface area contributed by atoms with Gasteiger partial charge in [0.05, 0.1) is 0 Å². The van der Waals surface area contributed by atoms with Gasteiger partial charge in [-0.1, -0.05) is 41.9 Å². The largest absolute Gasteiger partial charge is 0.478 e. The van der Waals surface area contributed by atoms with Crippen LogP contribution in [0.2, 0.25) is 5.02 Å². The van der Waals surface area contributed by atoms with Crippen LogP contribution in [0.4, 0.5) is 0 Å². The van der Waals surface area contributed by atoms with Crippen LogP contribution < -0.4 is 4.74 Å². The first-order valence-corrected chi connectivity index (χ1v) is 6.36. The first-order chi connectivity index (χ1) is 8.81. The van der Waals surface area contributed by atoms with Crippen molar-refractivity contribution in [3.8, 4) is 5.75 Å². The monoisotopic (exact) mass is 259 g/mol. The van der Waals surface area contributed by atoms with E-state index in [4.69, 9.17) is 16.3 Å². The van der Waals surface area contributed by atoms with E-state index in [0.29, 0.717) is 6.73 Å². The third-order valence-corrected chi connectivity index (χ3v) is 3.30. The number of ether oxygens (including phenoxy) is 1. The van der Waals surface area contributed by atoms with Crippen LogP contribution in [0.3, 0.4) is 0 Å². The Morgan fingerprint density at radius 3 is 2.78 bits per heavy atom. The predicted molar refractivity (Wildman–Crippen MR) is 72.6 cm³/mol. The number of benzene rings is 2. The van der Waals surface area contributed by atoms with Gasteiger partial charge in [-0.3, -0.25) is 4.90 Å². The summed E-state index contributed by atoms with van der Waals surface area (Å²) in [5, 5.41) is 0.763. The number of halogens is 1. The Morgan fingerprint density at radius 1 is 1.11 bits per heavy atom. The van der Waals surface area contributed by atoms with Crippen LogP contribution in [0.1, 0.15) is 11.1 Å². The van der Waals surface area contributed by atoms with E-state index >= 15 is 0 Å². The third-order valence-electron chi connectivity index (χ3n) is 3.07. The summed E-state index contributed by atoms with van der Waals surface area (Å²) in [5.41, 5.74) is 2.45. The average Bonchev–Trinajstić information content (AvgIpc) is 2.39. The van der Waals surface area contributed by atoms with E-state index in [1.54, 1.807) is 0 Å². The van der Waals surface area contributed by atoms with Gasteiger partial charge >= 0.3 is 0 Å². The molecule has 0 unspecified atom stereocenters. The molecule has 0 spiro atoms. The fourth-order valence-electron chi connectivity index (χ4n) is 2.20. The van der Waals surface area contributed by atoms with E-state index < -0.39 is 0 Å². The van der Waals surface area contributed by atoms with Gasteiger partial charge in [0.1, 0.15) is 12.5 Å². The van der Waals surface area contributed by atoms with Gasteiger partial charge in [0.15, 0.2) is 0 Å². The van der Waals surface area contributed by atoms with Crippen LogP contribution in [-0.2, 0) is 13.1 Å². The van der Waals surface area contributed by atoms with Crippen molar-refractivity contribution in [2.45, 2.75) is 13.1 Å². The second-order valence-corrected chi connectivity index (χ2v) is 4.93. The molecule has 92 valence electrons. The topological polar surface area (TPSA) is 12.5 Å². The van der Waals surface area contributed by atoms with Gasteiger partial charge in [-0.2, -0.15) is 0 Å². The number of nitrogens with zero attached hydrogens (tertiary/aromatic N) is 1. The van der Waals surface area contributed by atoms with Gasteiger partial charge in [0.2, 0.25) is 0 Å². The quantitative estimate of drug-likeness (QED) is 0.816. The first kappa shape index (κ1) is 11.6. The summed E-state index contributed by atoms with van der Waals surface area (Å²) in [6.07, 6.45) is 0. The van der Waals surface area contributed by atoms with Crippen LogP contribution in [-0.4, -0.2) is 11.6 Å². The Balaban J connectivity index is 1.75. The molecule has 18 heavy (non-hydrogen) atoms. The maximum Gasteiger partial charge on any atom is 0.142 e. The van der Waals surface area contributed by atoms with Crippen LogP contribution >= 0.6 is 11.6 Å². The summed E-state index contributed by atoms with van der Waals surface area (Å²) in [7, 11) is 0. The van der Waals surface area contributed by atoms with E-state index in [2.05, 4.69) is 29.2 Å². The molecule has 0 aromatic heterocycles. The van der Waals surface area contributed by atoms with Gasteiger partial charge in [-0.15, -0.1) is 0 Å². The standard InChI is InChI=1S/C15H14ClNO/c16-14-6-7-15-13(8-14)10-17(11-18-15)9-12-4-2-1-3-5-12/h1-8H,9-11H2. The Hall–Kier alpha value is -1.51. The molecule has 3 heteroatoms. The number of fused-ring (bicyclic) bond motifs is 1. The molecular weight excluding hydrogens is 246 g/mol. The lowest BCUT2D eigenvalue weighted by Crippen LogP contribution is -2.31. The molecular formula is C15H14ClNO. The lowest BCUT2D eigenvalue weighted by molar-refractivity contribution is 0.0887. The van der Waals surface area contributed by atoms with Gasteiger partial charge in [0, 0.05) is 23.7 Å². The van der Waals surface area contributed by atoms with E-state index in [9.17, 15) is 0 Å². The van der Waals surface area contributed by atoms with Crippen LogP contribution in [0.5, 0.6) is 5.75 Å². The van der Waals surface area contributed by atoms with Crippen molar-refractivity contribution < 1.29 is 4.74 Å². The van der Waals surface area contributed by atoms with Crippen molar-refractivity contribution >= 4 is 11.6 Å². The molecule has 2 aromatic rings. The summed E-state index contributed by atoms with van der Waals surface area (Å²) < 4.78 is 5.73. The molecule has 2 nitrogen and oxygen atoms in total. The smallest absolute Gasteiger partial charge is 0.142 e. The highest BCUT2D eigenvalue weighted by atomic mass is 35.5. The normalized spacial score (nSPS) is 14.9. The van der Waals surface area contributed by atoms with E-state index in [1.807, 2.05) is 24.3 Å². The zero-order valence-electron chi connectivity index (χ0n) is 9.97. The molecule has 1 aliphatic heterocycles. The molecule has 0 fully saturated rings. The van der Waals surface area contributed by atoms with Crippen molar-refractivity contribution in [3.63, 3.8) is 0 Å². The highest BCUT2D eigenvalue weighted by molar-refractivity contribution is 6.30. The molecule has 0 radical (unpaired) electrons. The fraction of sp³-hybridized carbons (Fsp3) is 0.200. The lowest BCUT2D eigenvalue weighted by Gasteiger charge is -2.29. The summed E-state index contributed by atoms with van der Waals surface area (Å²) in [4.78, 5) is 2.26. The molecule has 0 N–H and O–H groups in total. The van der Waals surface area contributed by atoms with Crippen molar-refractivity contribution in [1.82, 2.24) is 4.90 Å². The Labute approximate surface area is 112 Å². The third kappa shape index (κ3) is 2.50. The fourth-order valence-corrected chi connectivity index (χ4v) is 2.40. The zero-order chi connectivity index (χ0) is 12.4. The second-order valence-electron chi connectivity index (χ2n) is 4.50. The molecule has 2 aromatic carbocycles.